The lowest BCUT2D eigenvalue weighted by atomic mass is 9.95. The minimum atomic E-state index is -0.602. The molecule has 0 saturated carbocycles. The zero-order valence-electron chi connectivity index (χ0n) is 22.8. The first-order chi connectivity index (χ1) is 19.9. The van der Waals surface area contributed by atoms with E-state index in [1.54, 1.807) is 22.9 Å². The molecular weight excluding hydrogens is 563 g/mol. The van der Waals surface area contributed by atoms with E-state index in [1.807, 2.05) is 62.4 Å². The van der Waals surface area contributed by atoms with Gasteiger partial charge in [0.1, 0.15) is 24.2 Å². The second kappa shape index (κ2) is 13.2. The van der Waals surface area contributed by atoms with Gasteiger partial charge in [0.2, 0.25) is 11.1 Å². The van der Waals surface area contributed by atoms with Crippen molar-refractivity contribution in [2.24, 2.45) is 0 Å². The summed E-state index contributed by atoms with van der Waals surface area (Å²) < 4.78 is 27.6. The molecule has 0 amide bonds. The van der Waals surface area contributed by atoms with Gasteiger partial charge in [0, 0.05) is 16.5 Å². The Morgan fingerprint density at radius 2 is 1.93 bits per heavy atom. The van der Waals surface area contributed by atoms with E-state index in [4.69, 9.17) is 26.2 Å². The molecule has 4 aromatic rings. The monoisotopic (exact) mass is 592 g/mol. The van der Waals surface area contributed by atoms with Crippen molar-refractivity contribution in [3.05, 3.63) is 112 Å². The molecule has 2 heterocycles. The molecule has 0 aliphatic carbocycles. The SMILES string of the molecule is CCCCOC(=O)C1=C(C)Nc2nc(SCc3ccccc3F)nn2C1c1cccc(OCc2ccc(Cl)cc2)c1. The smallest absolute Gasteiger partial charge is 0.338 e. The molecular formula is C31H30ClFN4O3S. The number of thioether (sulfide) groups is 1. The van der Waals surface area contributed by atoms with Crippen LogP contribution in [-0.4, -0.2) is 27.3 Å². The Balaban J connectivity index is 1.44. The van der Waals surface area contributed by atoms with Gasteiger partial charge in [0.25, 0.3) is 0 Å². The standard InChI is InChI=1S/C31H30ClFN4O3S/c1-3-4-16-39-29(38)27-20(2)34-30-35-31(41-19-23-8-5-6-11-26(23)33)36-37(30)28(27)22-9-7-10-25(17-22)40-18-21-12-14-24(32)15-13-21/h5-15,17,28H,3-4,16,18-19H2,1-2H3,(H,34,35,36). The molecule has 1 aliphatic heterocycles. The van der Waals surface area contributed by atoms with Crippen LogP contribution in [0.5, 0.6) is 5.75 Å². The number of ether oxygens (including phenoxy) is 2. The minimum absolute atomic E-state index is 0.273. The van der Waals surface area contributed by atoms with E-state index in [0.717, 1.165) is 24.0 Å². The molecule has 1 unspecified atom stereocenters. The molecule has 41 heavy (non-hydrogen) atoms. The molecule has 0 radical (unpaired) electrons. The van der Waals surface area contributed by atoms with Crippen molar-refractivity contribution < 1.29 is 18.7 Å². The summed E-state index contributed by atoms with van der Waals surface area (Å²) in [7, 11) is 0. The third kappa shape index (κ3) is 6.92. The lowest BCUT2D eigenvalue weighted by Gasteiger charge is -2.28. The number of nitrogens with zero attached hydrogens (tertiary/aromatic N) is 3. The van der Waals surface area contributed by atoms with E-state index in [2.05, 4.69) is 10.3 Å². The topological polar surface area (TPSA) is 78.3 Å². The Labute approximate surface area is 247 Å². The lowest BCUT2D eigenvalue weighted by Crippen LogP contribution is -2.29. The molecule has 212 valence electrons. The van der Waals surface area contributed by atoms with Gasteiger partial charge in [-0.05, 0) is 60.4 Å². The molecule has 10 heteroatoms. The number of anilines is 1. The highest BCUT2D eigenvalue weighted by Gasteiger charge is 2.35. The molecule has 1 aliphatic rings. The normalized spacial score (nSPS) is 14.4. The first-order valence-electron chi connectivity index (χ1n) is 13.4. The maximum atomic E-state index is 14.2. The highest BCUT2D eigenvalue weighted by atomic mass is 35.5. The molecule has 7 nitrogen and oxygen atoms in total. The average molecular weight is 593 g/mol. The fourth-order valence-electron chi connectivity index (χ4n) is 4.43. The maximum absolute atomic E-state index is 14.2. The van der Waals surface area contributed by atoms with Gasteiger partial charge in [-0.1, -0.05) is 79.2 Å². The van der Waals surface area contributed by atoms with Crippen LogP contribution in [0.25, 0.3) is 0 Å². The van der Waals surface area contributed by atoms with E-state index in [-0.39, 0.29) is 5.82 Å². The van der Waals surface area contributed by atoms with E-state index < -0.39 is 12.0 Å². The second-order valence-electron chi connectivity index (χ2n) is 9.59. The van der Waals surface area contributed by atoms with Crippen LogP contribution in [0.1, 0.15) is 49.4 Å². The zero-order chi connectivity index (χ0) is 28.8. The Kier molecular flexibility index (Phi) is 9.26. The fourth-order valence-corrected chi connectivity index (χ4v) is 5.37. The van der Waals surface area contributed by atoms with Crippen molar-refractivity contribution in [2.75, 3.05) is 11.9 Å². The number of halogens is 2. The van der Waals surface area contributed by atoms with Crippen LogP contribution in [0.3, 0.4) is 0 Å². The van der Waals surface area contributed by atoms with Gasteiger partial charge >= 0.3 is 5.97 Å². The predicted molar refractivity (Wildman–Crippen MR) is 159 cm³/mol. The molecule has 0 fully saturated rings. The van der Waals surface area contributed by atoms with Crippen molar-refractivity contribution in [1.82, 2.24) is 14.8 Å². The second-order valence-corrected chi connectivity index (χ2v) is 11.0. The quantitative estimate of drug-likeness (QED) is 0.109. The van der Waals surface area contributed by atoms with Crippen molar-refractivity contribution in [3.8, 4) is 5.75 Å². The van der Waals surface area contributed by atoms with Crippen LogP contribution in [0.2, 0.25) is 5.02 Å². The Morgan fingerprint density at radius 1 is 1.12 bits per heavy atom. The maximum Gasteiger partial charge on any atom is 0.338 e. The van der Waals surface area contributed by atoms with Crippen LogP contribution in [0, 0.1) is 5.82 Å². The average Bonchev–Trinajstić information content (AvgIpc) is 3.38. The van der Waals surface area contributed by atoms with Gasteiger partial charge in [-0.25, -0.2) is 13.9 Å². The Hall–Kier alpha value is -3.82. The number of unbranched alkanes of at least 4 members (excludes halogenated alkanes) is 1. The minimum Gasteiger partial charge on any atom is -0.489 e. The first-order valence-corrected chi connectivity index (χ1v) is 14.7. The van der Waals surface area contributed by atoms with E-state index in [1.165, 1.54) is 17.8 Å². The summed E-state index contributed by atoms with van der Waals surface area (Å²) in [4.78, 5) is 18.0. The number of fused-ring (bicyclic) bond motifs is 1. The lowest BCUT2D eigenvalue weighted by molar-refractivity contribution is -0.139. The molecule has 1 aromatic heterocycles. The first kappa shape index (κ1) is 28.7. The number of allylic oxidation sites excluding steroid dienone is 1. The van der Waals surface area contributed by atoms with Crippen LogP contribution in [0.4, 0.5) is 10.3 Å². The molecule has 0 bridgehead atoms. The van der Waals surface area contributed by atoms with Crippen molar-refractivity contribution in [1.29, 1.82) is 0 Å². The van der Waals surface area contributed by atoms with Crippen LogP contribution in [-0.2, 0) is 21.9 Å². The summed E-state index contributed by atoms with van der Waals surface area (Å²) in [6, 6.07) is 21.1. The number of carbonyl (C=O) groups is 1. The number of nitrogens with one attached hydrogen (secondary N) is 1. The van der Waals surface area contributed by atoms with Crippen molar-refractivity contribution in [2.45, 2.75) is 50.2 Å². The summed E-state index contributed by atoms with van der Waals surface area (Å²) in [5, 5.41) is 9.08. The number of rotatable bonds is 11. The van der Waals surface area contributed by atoms with Crippen LogP contribution in [0.15, 0.2) is 89.2 Å². The number of esters is 1. The van der Waals surface area contributed by atoms with Crippen molar-refractivity contribution >= 4 is 35.3 Å². The summed E-state index contributed by atoms with van der Waals surface area (Å²) >= 11 is 7.33. The number of carbonyl (C=O) groups excluding carboxylic acids is 1. The fraction of sp³-hybridized carbons (Fsp3) is 0.258. The molecule has 0 spiro atoms. The van der Waals surface area contributed by atoms with Gasteiger partial charge < -0.3 is 14.8 Å². The molecule has 1 atom stereocenters. The summed E-state index contributed by atoms with van der Waals surface area (Å²) in [5.41, 5.74) is 3.41. The van der Waals surface area contributed by atoms with Gasteiger partial charge in [-0.3, -0.25) is 0 Å². The Bertz CT molecular complexity index is 1560. The van der Waals surface area contributed by atoms with Crippen LogP contribution >= 0.6 is 23.4 Å². The highest BCUT2D eigenvalue weighted by Crippen LogP contribution is 2.38. The van der Waals surface area contributed by atoms with E-state index in [9.17, 15) is 9.18 Å². The number of hydrogen-bond donors (Lipinski definition) is 1. The molecule has 1 N–H and O–H groups in total. The number of hydrogen-bond acceptors (Lipinski definition) is 7. The third-order valence-electron chi connectivity index (χ3n) is 6.59. The number of aromatic nitrogens is 3. The molecule has 0 saturated heterocycles. The number of benzene rings is 3. The van der Waals surface area contributed by atoms with Gasteiger partial charge in [-0.15, -0.1) is 5.10 Å². The van der Waals surface area contributed by atoms with Gasteiger partial charge in [0.05, 0.1) is 12.2 Å². The molecule has 3 aromatic carbocycles. The summed E-state index contributed by atoms with van der Waals surface area (Å²) in [6.07, 6.45) is 1.69. The van der Waals surface area contributed by atoms with E-state index >= 15 is 0 Å². The van der Waals surface area contributed by atoms with Crippen LogP contribution < -0.4 is 10.1 Å². The summed E-state index contributed by atoms with van der Waals surface area (Å²) in [5.74, 6) is 0.810. The van der Waals surface area contributed by atoms with E-state index in [0.29, 0.717) is 57.7 Å². The predicted octanol–water partition coefficient (Wildman–Crippen LogP) is 7.57. The Morgan fingerprint density at radius 3 is 2.71 bits per heavy atom. The highest BCUT2D eigenvalue weighted by molar-refractivity contribution is 7.98. The van der Waals surface area contributed by atoms with Gasteiger partial charge in [-0.2, -0.15) is 4.98 Å². The largest absolute Gasteiger partial charge is 0.489 e. The van der Waals surface area contributed by atoms with Gasteiger partial charge in [0.15, 0.2) is 0 Å². The zero-order valence-corrected chi connectivity index (χ0v) is 24.3. The molecule has 5 rings (SSSR count). The van der Waals surface area contributed by atoms with Crippen molar-refractivity contribution in [3.63, 3.8) is 0 Å². The third-order valence-corrected chi connectivity index (χ3v) is 7.73. The summed E-state index contributed by atoms with van der Waals surface area (Å²) in [6.45, 7) is 4.56.